The largest absolute Gasteiger partial charge is 0.508 e. The molecule has 43 heavy (non-hydrogen) atoms. The van der Waals surface area contributed by atoms with Crippen LogP contribution in [0.4, 0.5) is 0 Å². The van der Waals surface area contributed by atoms with Gasteiger partial charge in [0.1, 0.15) is 22.8 Å². The molecular formula is C34H37NO8. The van der Waals surface area contributed by atoms with E-state index in [0.717, 1.165) is 23.5 Å². The van der Waals surface area contributed by atoms with Crippen molar-refractivity contribution in [1.29, 1.82) is 0 Å². The lowest BCUT2D eigenvalue weighted by atomic mass is 9.55. The van der Waals surface area contributed by atoms with Crippen molar-refractivity contribution in [3.63, 3.8) is 0 Å². The average molecular weight is 588 g/mol. The monoisotopic (exact) mass is 587 g/mol. The van der Waals surface area contributed by atoms with Crippen LogP contribution in [0.2, 0.25) is 0 Å². The molecule has 1 amide bonds. The number of hydrogen-bond donors (Lipinski definition) is 6. The maximum Gasteiger partial charge on any atom is 0.255 e. The summed E-state index contributed by atoms with van der Waals surface area (Å²) in [7, 11) is 0. The first kappa shape index (κ1) is 29.1. The van der Waals surface area contributed by atoms with E-state index in [4.69, 9.17) is 5.73 Å². The van der Waals surface area contributed by atoms with E-state index in [1.54, 1.807) is 19.1 Å². The number of carbonyl (C=O) groups is 3. The molecule has 2 aromatic carbocycles. The molecule has 226 valence electrons. The van der Waals surface area contributed by atoms with Crippen molar-refractivity contribution in [3.05, 3.63) is 70.0 Å². The first-order valence-corrected chi connectivity index (χ1v) is 15.0. The molecule has 0 saturated heterocycles. The predicted octanol–water partition coefficient (Wildman–Crippen LogP) is 3.99. The third-order valence-electron chi connectivity index (χ3n) is 10.4. The van der Waals surface area contributed by atoms with Crippen molar-refractivity contribution >= 4 is 23.2 Å². The van der Waals surface area contributed by atoms with Crippen LogP contribution < -0.4 is 5.73 Å². The lowest BCUT2D eigenvalue weighted by Gasteiger charge is -2.50. The Balaban J connectivity index is 1.43. The van der Waals surface area contributed by atoms with Crippen molar-refractivity contribution < 1.29 is 39.9 Å². The minimum absolute atomic E-state index is 0.00370. The van der Waals surface area contributed by atoms with E-state index in [-0.39, 0.29) is 16.9 Å². The zero-order valence-electron chi connectivity index (χ0n) is 24.2. The molecule has 7 N–H and O–H groups in total. The van der Waals surface area contributed by atoms with E-state index in [0.29, 0.717) is 17.0 Å². The van der Waals surface area contributed by atoms with Crippen LogP contribution in [0.5, 0.6) is 5.75 Å². The fourth-order valence-corrected chi connectivity index (χ4v) is 7.96. The zero-order chi connectivity index (χ0) is 31.0. The van der Waals surface area contributed by atoms with E-state index in [1.807, 2.05) is 18.2 Å². The second kappa shape index (κ2) is 10.3. The molecule has 9 heteroatoms. The highest BCUT2D eigenvalue weighted by Crippen LogP contribution is 2.56. The number of ketones is 2. The standard InChI is InChI=1S/C34H37NO8/c1-15-6-8-17(9-7-15)12-18-4-3-5-19(13-18)21-11-10-20-16(2)24-27(30(39)25(20)28(21)37)32(41)34(43)22(29(24)38)14-23(36)26(31(34)40)33(35)42/h3-5,10-11,13,15-17,22,24,29,37-40,43H,6-9,12,14H2,1-2H3,(H2,35,42)/t15?,16-,17?,22+,24+,29+,34+/m0/s1. The second-order valence-corrected chi connectivity index (χ2v) is 12.9. The molecule has 5 atom stereocenters. The molecule has 4 aliphatic rings. The molecule has 0 bridgehead atoms. The SMILES string of the molecule is CC1CCC(Cc2cccc(-c3ccc4c(c3O)C(O)=C3C(=O)[C@]5(O)C(O)=C(C(N)=O)C(=O)C[C@@H]5[C@@H](O)[C@@H]3[C@H]4C)c2)CC1. The number of rotatable bonds is 4. The molecule has 0 aliphatic heterocycles. The zero-order valence-corrected chi connectivity index (χ0v) is 24.2. The van der Waals surface area contributed by atoms with Gasteiger partial charge in [-0.1, -0.05) is 63.1 Å². The van der Waals surface area contributed by atoms with Gasteiger partial charge in [0.2, 0.25) is 5.78 Å². The maximum atomic E-state index is 13.9. The molecule has 6 rings (SSSR count). The summed E-state index contributed by atoms with van der Waals surface area (Å²) >= 11 is 0. The summed E-state index contributed by atoms with van der Waals surface area (Å²) in [6.45, 7) is 4.01. The average Bonchev–Trinajstić information content (AvgIpc) is 2.96. The summed E-state index contributed by atoms with van der Waals surface area (Å²) in [4.78, 5) is 38.4. The van der Waals surface area contributed by atoms with Crippen molar-refractivity contribution in [2.45, 2.75) is 70.0 Å². The van der Waals surface area contributed by atoms with Crippen molar-refractivity contribution in [2.75, 3.05) is 0 Å². The Morgan fingerprint density at radius 3 is 2.40 bits per heavy atom. The lowest BCUT2D eigenvalue weighted by molar-refractivity contribution is -0.160. The quantitative estimate of drug-likeness (QED) is 0.291. The highest BCUT2D eigenvalue weighted by molar-refractivity contribution is 6.23. The van der Waals surface area contributed by atoms with Crippen LogP contribution in [-0.2, 0) is 20.8 Å². The van der Waals surface area contributed by atoms with Gasteiger partial charge in [-0.15, -0.1) is 0 Å². The minimum atomic E-state index is -2.85. The van der Waals surface area contributed by atoms with Crippen LogP contribution >= 0.6 is 0 Å². The Bertz CT molecular complexity index is 1610. The van der Waals surface area contributed by atoms with Crippen LogP contribution in [0, 0.1) is 23.7 Å². The Morgan fingerprint density at radius 2 is 1.72 bits per heavy atom. The van der Waals surface area contributed by atoms with E-state index >= 15 is 0 Å². The second-order valence-electron chi connectivity index (χ2n) is 12.9. The lowest BCUT2D eigenvalue weighted by Crippen LogP contribution is -2.63. The number of hydrogen-bond acceptors (Lipinski definition) is 8. The fourth-order valence-electron chi connectivity index (χ4n) is 7.96. The van der Waals surface area contributed by atoms with Gasteiger partial charge in [0.25, 0.3) is 5.91 Å². The predicted molar refractivity (Wildman–Crippen MR) is 158 cm³/mol. The normalized spacial score (nSPS) is 32.3. The smallest absolute Gasteiger partial charge is 0.255 e. The van der Waals surface area contributed by atoms with Crippen LogP contribution in [0.25, 0.3) is 16.9 Å². The summed E-state index contributed by atoms with van der Waals surface area (Å²) in [5, 5.41) is 56.9. The first-order chi connectivity index (χ1) is 20.4. The Hall–Kier alpha value is -3.95. The number of Topliss-reactive ketones (excluding diaryl/α,β-unsaturated/α-hetero) is 2. The summed E-state index contributed by atoms with van der Waals surface area (Å²) in [6.07, 6.45) is 3.59. The molecular weight excluding hydrogens is 550 g/mol. The Morgan fingerprint density at radius 1 is 1.02 bits per heavy atom. The number of primary amides is 1. The minimum Gasteiger partial charge on any atom is -0.508 e. The van der Waals surface area contributed by atoms with E-state index < -0.39 is 70.4 Å². The molecule has 0 aromatic heterocycles. The van der Waals surface area contributed by atoms with Gasteiger partial charge in [-0.25, -0.2) is 0 Å². The summed E-state index contributed by atoms with van der Waals surface area (Å²) < 4.78 is 0. The molecule has 2 saturated carbocycles. The molecule has 2 aromatic rings. The van der Waals surface area contributed by atoms with Crippen LogP contribution in [-0.4, -0.2) is 54.7 Å². The number of amides is 1. The van der Waals surface area contributed by atoms with Gasteiger partial charge in [0.05, 0.1) is 11.7 Å². The third-order valence-corrected chi connectivity index (χ3v) is 10.4. The fraction of sp³-hybridized carbons (Fsp3) is 0.441. The number of benzene rings is 2. The Labute approximate surface area is 249 Å². The summed E-state index contributed by atoms with van der Waals surface area (Å²) in [5.74, 6) is -7.27. The number of phenols is 1. The molecule has 4 aliphatic carbocycles. The van der Waals surface area contributed by atoms with Gasteiger partial charge in [0, 0.05) is 29.4 Å². The maximum absolute atomic E-state index is 13.9. The van der Waals surface area contributed by atoms with Gasteiger partial charge < -0.3 is 31.3 Å². The van der Waals surface area contributed by atoms with Gasteiger partial charge in [0.15, 0.2) is 11.4 Å². The number of aliphatic hydroxyl groups excluding tert-OH is 3. The van der Waals surface area contributed by atoms with Crippen molar-refractivity contribution in [1.82, 2.24) is 0 Å². The van der Waals surface area contributed by atoms with Crippen molar-refractivity contribution in [2.24, 2.45) is 29.4 Å². The number of phenolic OH excluding ortho intramolecular Hbond substituents is 1. The van der Waals surface area contributed by atoms with Crippen LogP contribution in [0.1, 0.15) is 68.6 Å². The number of carbonyl (C=O) groups excluding carboxylic acids is 3. The highest BCUT2D eigenvalue weighted by Gasteiger charge is 2.64. The van der Waals surface area contributed by atoms with Crippen molar-refractivity contribution in [3.8, 4) is 16.9 Å². The highest BCUT2D eigenvalue weighted by atomic mass is 16.4. The molecule has 0 heterocycles. The molecule has 9 nitrogen and oxygen atoms in total. The first-order valence-electron chi connectivity index (χ1n) is 15.0. The van der Waals surface area contributed by atoms with E-state index in [2.05, 4.69) is 13.0 Å². The number of fused-ring (bicyclic) bond motifs is 3. The number of aliphatic hydroxyl groups is 4. The topological polar surface area (TPSA) is 178 Å². The number of aromatic hydroxyl groups is 1. The van der Waals surface area contributed by atoms with E-state index in [1.165, 1.54) is 25.7 Å². The van der Waals surface area contributed by atoms with Gasteiger partial charge in [-0.2, -0.15) is 0 Å². The number of nitrogens with two attached hydrogens (primary N) is 1. The summed E-state index contributed by atoms with van der Waals surface area (Å²) in [6, 6.07) is 11.4. The summed E-state index contributed by atoms with van der Waals surface area (Å²) in [5.41, 5.74) is 3.91. The van der Waals surface area contributed by atoms with Crippen LogP contribution in [0.15, 0.2) is 53.3 Å². The molecule has 0 spiro atoms. The Kier molecular flexibility index (Phi) is 7.01. The molecule has 0 radical (unpaired) electrons. The van der Waals surface area contributed by atoms with Gasteiger partial charge in [-0.05, 0) is 53.7 Å². The van der Waals surface area contributed by atoms with Crippen LogP contribution in [0.3, 0.4) is 0 Å². The van der Waals surface area contributed by atoms with Gasteiger partial charge in [-0.3, -0.25) is 14.4 Å². The molecule has 2 fully saturated rings. The third kappa shape index (κ3) is 4.32. The van der Waals surface area contributed by atoms with Gasteiger partial charge >= 0.3 is 0 Å². The van der Waals surface area contributed by atoms with E-state index in [9.17, 15) is 39.9 Å². The molecule has 0 unspecified atom stereocenters.